The number of benzene rings is 1. The molecule has 0 amide bonds. The third kappa shape index (κ3) is 7.04. The van der Waals surface area contributed by atoms with Gasteiger partial charge < -0.3 is 10.2 Å². The molecule has 1 aromatic rings. The molecule has 0 bridgehead atoms. The third-order valence-electron chi connectivity index (χ3n) is 2.81. The lowest BCUT2D eigenvalue weighted by atomic mass is 10.0. The molecule has 0 aliphatic rings. The van der Waals surface area contributed by atoms with Crippen LogP contribution in [0.3, 0.4) is 0 Å². The first-order chi connectivity index (χ1) is 9.47. The van der Waals surface area contributed by atoms with Gasteiger partial charge in [-0.15, -0.1) is 0 Å². The minimum atomic E-state index is -1.21. The standard InChI is InChI=1S/C14H18O5S/c15-13(16)8-12(9-14(17)18)10-20(19)7-6-11-4-2-1-3-5-11/h1-5,12H,6-10H2,(H,15,16)(H,17,18). The van der Waals surface area contributed by atoms with E-state index in [-0.39, 0.29) is 18.6 Å². The van der Waals surface area contributed by atoms with Crippen molar-refractivity contribution < 1.29 is 24.0 Å². The molecule has 110 valence electrons. The molecule has 0 fully saturated rings. The lowest BCUT2D eigenvalue weighted by Crippen LogP contribution is -2.20. The van der Waals surface area contributed by atoms with Crippen molar-refractivity contribution in [3.63, 3.8) is 0 Å². The second-order valence-corrected chi connectivity index (χ2v) is 6.23. The van der Waals surface area contributed by atoms with Crippen molar-refractivity contribution in [2.45, 2.75) is 19.3 Å². The van der Waals surface area contributed by atoms with Gasteiger partial charge in [0.25, 0.3) is 0 Å². The molecule has 1 aromatic carbocycles. The van der Waals surface area contributed by atoms with Crippen molar-refractivity contribution in [3.05, 3.63) is 35.9 Å². The van der Waals surface area contributed by atoms with Crippen LogP contribution in [0.4, 0.5) is 0 Å². The Bertz CT molecular complexity index is 456. The summed E-state index contributed by atoms with van der Waals surface area (Å²) in [7, 11) is -1.21. The Morgan fingerprint density at radius 3 is 2.10 bits per heavy atom. The Morgan fingerprint density at radius 1 is 1.05 bits per heavy atom. The molecular weight excluding hydrogens is 280 g/mol. The molecule has 2 N–H and O–H groups in total. The van der Waals surface area contributed by atoms with Crippen LogP contribution in [0.5, 0.6) is 0 Å². The van der Waals surface area contributed by atoms with Crippen LogP contribution in [0.25, 0.3) is 0 Å². The van der Waals surface area contributed by atoms with Crippen molar-refractivity contribution in [1.29, 1.82) is 0 Å². The fraction of sp³-hybridized carbons (Fsp3) is 0.429. The molecular formula is C14H18O5S. The van der Waals surface area contributed by atoms with Gasteiger partial charge in [-0.2, -0.15) is 0 Å². The first kappa shape index (κ1) is 16.4. The molecule has 0 radical (unpaired) electrons. The summed E-state index contributed by atoms with van der Waals surface area (Å²) < 4.78 is 11.9. The summed E-state index contributed by atoms with van der Waals surface area (Å²) in [5, 5.41) is 17.5. The number of aliphatic carboxylic acids is 2. The predicted octanol–water partition coefficient (Wildman–Crippen LogP) is 1.54. The quantitative estimate of drug-likeness (QED) is 0.721. The number of carboxylic acids is 2. The van der Waals surface area contributed by atoms with Crippen LogP contribution in [0, 0.1) is 5.92 Å². The Hall–Kier alpha value is -1.69. The highest BCUT2D eigenvalue weighted by molar-refractivity contribution is 7.84. The predicted molar refractivity (Wildman–Crippen MR) is 76.0 cm³/mol. The van der Waals surface area contributed by atoms with E-state index in [2.05, 4.69) is 0 Å². The van der Waals surface area contributed by atoms with Gasteiger partial charge in [0.2, 0.25) is 0 Å². The molecule has 5 nitrogen and oxygen atoms in total. The SMILES string of the molecule is O=C(O)CC(CC(=O)O)CS(=O)CCc1ccccc1. The average Bonchev–Trinajstić information content (AvgIpc) is 2.36. The number of hydrogen-bond acceptors (Lipinski definition) is 3. The number of carboxylic acid groups (broad SMARTS) is 2. The fourth-order valence-electron chi connectivity index (χ4n) is 1.91. The number of hydrogen-bond donors (Lipinski definition) is 2. The van der Waals surface area contributed by atoms with E-state index < -0.39 is 28.7 Å². The topological polar surface area (TPSA) is 91.7 Å². The van der Waals surface area contributed by atoms with Gasteiger partial charge in [0.05, 0.1) is 0 Å². The molecule has 0 aliphatic carbocycles. The van der Waals surface area contributed by atoms with Gasteiger partial charge in [0.15, 0.2) is 0 Å². The van der Waals surface area contributed by atoms with Crippen LogP contribution in [0.15, 0.2) is 30.3 Å². The van der Waals surface area contributed by atoms with E-state index in [0.717, 1.165) is 5.56 Å². The zero-order valence-electron chi connectivity index (χ0n) is 11.0. The maximum Gasteiger partial charge on any atom is 0.303 e. The van der Waals surface area contributed by atoms with Crippen LogP contribution < -0.4 is 0 Å². The summed E-state index contributed by atoms with van der Waals surface area (Å²) in [4.78, 5) is 21.3. The summed E-state index contributed by atoms with van der Waals surface area (Å²) in [6.07, 6.45) is 0.118. The second-order valence-electron chi connectivity index (χ2n) is 4.61. The third-order valence-corrected chi connectivity index (χ3v) is 4.31. The van der Waals surface area contributed by atoms with Crippen LogP contribution in [0.2, 0.25) is 0 Å². The van der Waals surface area contributed by atoms with Gasteiger partial charge in [-0.3, -0.25) is 13.8 Å². The van der Waals surface area contributed by atoms with Crippen molar-refractivity contribution >= 4 is 22.7 Å². The first-order valence-electron chi connectivity index (χ1n) is 6.30. The minimum Gasteiger partial charge on any atom is -0.481 e. The fourth-order valence-corrected chi connectivity index (χ4v) is 3.30. The highest BCUT2D eigenvalue weighted by Crippen LogP contribution is 2.12. The van der Waals surface area contributed by atoms with Gasteiger partial charge in [-0.25, -0.2) is 0 Å². The Morgan fingerprint density at radius 2 is 1.60 bits per heavy atom. The van der Waals surface area contributed by atoms with E-state index in [1.54, 1.807) is 0 Å². The smallest absolute Gasteiger partial charge is 0.303 e. The summed E-state index contributed by atoms with van der Waals surface area (Å²) in [6, 6.07) is 9.56. The molecule has 0 heterocycles. The van der Waals surface area contributed by atoms with Crippen LogP contribution >= 0.6 is 0 Å². The molecule has 6 heteroatoms. The summed E-state index contributed by atoms with van der Waals surface area (Å²) in [5.41, 5.74) is 1.06. The van der Waals surface area contributed by atoms with E-state index in [0.29, 0.717) is 12.2 Å². The highest BCUT2D eigenvalue weighted by Gasteiger charge is 2.19. The van der Waals surface area contributed by atoms with E-state index in [1.807, 2.05) is 30.3 Å². The van der Waals surface area contributed by atoms with E-state index in [4.69, 9.17) is 10.2 Å². The van der Waals surface area contributed by atoms with Crippen LogP contribution in [-0.2, 0) is 26.8 Å². The monoisotopic (exact) mass is 298 g/mol. The van der Waals surface area contributed by atoms with Gasteiger partial charge in [-0.05, 0) is 17.9 Å². The minimum absolute atomic E-state index is 0.117. The van der Waals surface area contributed by atoms with Gasteiger partial charge >= 0.3 is 11.9 Å². The Balaban J connectivity index is 2.44. The normalized spacial score (nSPS) is 12.2. The zero-order chi connectivity index (χ0) is 15.0. The van der Waals surface area contributed by atoms with Crippen LogP contribution in [0.1, 0.15) is 18.4 Å². The van der Waals surface area contributed by atoms with E-state index in [1.165, 1.54) is 0 Å². The average molecular weight is 298 g/mol. The Kier molecular flexibility index (Phi) is 6.93. The first-order valence-corrected chi connectivity index (χ1v) is 7.78. The summed E-state index contributed by atoms with van der Waals surface area (Å²) >= 11 is 0. The van der Waals surface area contributed by atoms with Gasteiger partial charge in [0.1, 0.15) is 0 Å². The molecule has 0 spiro atoms. The molecule has 1 atom stereocenters. The molecule has 0 saturated heterocycles. The van der Waals surface area contributed by atoms with Crippen molar-refractivity contribution in [1.82, 2.24) is 0 Å². The maximum absolute atomic E-state index is 11.9. The largest absolute Gasteiger partial charge is 0.481 e. The number of carbonyl (C=O) groups is 2. The van der Waals surface area contributed by atoms with Crippen LogP contribution in [-0.4, -0.2) is 37.9 Å². The lowest BCUT2D eigenvalue weighted by Gasteiger charge is -2.12. The van der Waals surface area contributed by atoms with Crippen molar-refractivity contribution in [3.8, 4) is 0 Å². The van der Waals surface area contributed by atoms with E-state index >= 15 is 0 Å². The summed E-state index contributed by atoms with van der Waals surface area (Å²) in [6.45, 7) is 0. The second kappa shape index (κ2) is 8.47. The highest BCUT2D eigenvalue weighted by atomic mass is 32.2. The molecule has 1 unspecified atom stereocenters. The lowest BCUT2D eigenvalue weighted by molar-refractivity contribution is -0.140. The van der Waals surface area contributed by atoms with Gasteiger partial charge in [0, 0.05) is 35.1 Å². The maximum atomic E-state index is 11.9. The summed E-state index contributed by atoms with van der Waals surface area (Å²) in [5.74, 6) is -2.17. The van der Waals surface area contributed by atoms with Gasteiger partial charge in [-0.1, -0.05) is 30.3 Å². The van der Waals surface area contributed by atoms with Crippen molar-refractivity contribution in [2.24, 2.45) is 5.92 Å². The molecule has 1 rings (SSSR count). The zero-order valence-corrected chi connectivity index (χ0v) is 11.8. The number of rotatable bonds is 9. The molecule has 0 aliphatic heterocycles. The molecule has 0 aromatic heterocycles. The molecule has 20 heavy (non-hydrogen) atoms. The van der Waals surface area contributed by atoms with E-state index in [9.17, 15) is 13.8 Å². The molecule has 0 saturated carbocycles. The Labute approximate surface area is 120 Å². The van der Waals surface area contributed by atoms with Crippen molar-refractivity contribution in [2.75, 3.05) is 11.5 Å². The number of aryl methyl sites for hydroxylation is 1.